The number of sulfonamides is 1. The highest BCUT2D eigenvalue weighted by Crippen LogP contribution is 2.22. The number of phenols is 1. The van der Waals surface area contributed by atoms with Gasteiger partial charge in [0.25, 0.3) is 0 Å². The fraction of sp³-hybridized carbons (Fsp3) is 0.0769. The summed E-state index contributed by atoms with van der Waals surface area (Å²) in [6.07, 6.45) is 0. The minimum Gasteiger partial charge on any atom is -0.508 e. The van der Waals surface area contributed by atoms with Gasteiger partial charge in [0.2, 0.25) is 10.0 Å². The molecule has 106 valence electrons. The molecule has 0 amide bonds. The van der Waals surface area contributed by atoms with Crippen molar-refractivity contribution >= 4 is 21.6 Å². The Hall–Kier alpha value is -1.63. The Morgan fingerprint density at radius 3 is 2.45 bits per heavy atom. The van der Waals surface area contributed by atoms with Gasteiger partial charge < -0.3 is 5.11 Å². The molecule has 0 atom stereocenters. The molecule has 0 aliphatic heterocycles. The van der Waals surface area contributed by atoms with E-state index in [1.165, 1.54) is 18.2 Å². The van der Waals surface area contributed by atoms with Crippen LogP contribution >= 0.6 is 11.6 Å². The monoisotopic (exact) mass is 315 g/mol. The van der Waals surface area contributed by atoms with Gasteiger partial charge in [0.1, 0.15) is 16.5 Å². The molecule has 0 bridgehead atoms. The fourth-order valence-corrected chi connectivity index (χ4v) is 3.08. The molecule has 0 aromatic heterocycles. The average Bonchev–Trinajstić information content (AvgIpc) is 2.41. The Morgan fingerprint density at radius 1 is 1.15 bits per heavy atom. The van der Waals surface area contributed by atoms with Crippen molar-refractivity contribution in [2.24, 2.45) is 0 Å². The normalized spacial score (nSPS) is 11.5. The van der Waals surface area contributed by atoms with E-state index in [1.54, 1.807) is 12.1 Å². The lowest BCUT2D eigenvalue weighted by atomic mass is 10.2. The number of hydrogen-bond acceptors (Lipinski definition) is 3. The minimum atomic E-state index is -3.91. The van der Waals surface area contributed by atoms with Crippen molar-refractivity contribution in [3.8, 4) is 5.75 Å². The molecule has 2 rings (SSSR count). The zero-order valence-corrected chi connectivity index (χ0v) is 11.7. The minimum absolute atomic E-state index is 0.00938. The van der Waals surface area contributed by atoms with E-state index in [0.717, 1.165) is 12.1 Å². The van der Waals surface area contributed by atoms with Gasteiger partial charge in [-0.05, 0) is 35.9 Å². The van der Waals surface area contributed by atoms with Crippen molar-refractivity contribution in [2.45, 2.75) is 11.4 Å². The van der Waals surface area contributed by atoms with Crippen LogP contribution in [0.3, 0.4) is 0 Å². The van der Waals surface area contributed by atoms with E-state index in [9.17, 15) is 12.8 Å². The number of nitrogens with one attached hydrogen (secondary N) is 1. The summed E-state index contributed by atoms with van der Waals surface area (Å²) in [6.45, 7) is 0.00938. The summed E-state index contributed by atoms with van der Waals surface area (Å²) >= 11 is 5.76. The molecular weight excluding hydrogens is 305 g/mol. The molecule has 2 aromatic carbocycles. The summed E-state index contributed by atoms with van der Waals surface area (Å²) in [5.74, 6) is -0.593. The maximum Gasteiger partial charge on any atom is 0.242 e. The molecule has 0 unspecified atom stereocenters. The van der Waals surface area contributed by atoms with Gasteiger partial charge in [-0.2, -0.15) is 0 Å². The van der Waals surface area contributed by atoms with Gasteiger partial charge in [0.15, 0.2) is 0 Å². The molecule has 0 radical (unpaired) electrons. The highest BCUT2D eigenvalue weighted by atomic mass is 35.5. The summed E-state index contributed by atoms with van der Waals surface area (Å²) in [7, 11) is -3.91. The first-order chi connectivity index (χ1) is 9.38. The van der Waals surface area contributed by atoms with Crippen LogP contribution in [0, 0.1) is 5.82 Å². The molecule has 7 heteroatoms. The Balaban J connectivity index is 2.19. The third kappa shape index (κ3) is 3.47. The van der Waals surface area contributed by atoms with E-state index in [-0.39, 0.29) is 22.2 Å². The summed E-state index contributed by atoms with van der Waals surface area (Å²) in [6, 6.07) is 9.17. The van der Waals surface area contributed by atoms with Crippen LogP contribution in [0.4, 0.5) is 4.39 Å². The smallest absolute Gasteiger partial charge is 0.242 e. The second-order valence-electron chi connectivity index (χ2n) is 4.07. The quantitative estimate of drug-likeness (QED) is 0.911. The number of halogens is 2. The van der Waals surface area contributed by atoms with E-state index >= 15 is 0 Å². The maximum absolute atomic E-state index is 13.1. The highest BCUT2D eigenvalue weighted by Gasteiger charge is 2.18. The third-order valence-corrected chi connectivity index (χ3v) is 4.47. The zero-order chi connectivity index (χ0) is 14.8. The lowest BCUT2D eigenvalue weighted by Crippen LogP contribution is -2.23. The predicted molar refractivity (Wildman–Crippen MR) is 73.5 cm³/mol. The van der Waals surface area contributed by atoms with Gasteiger partial charge in [0, 0.05) is 6.54 Å². The molecule has 0 saturated heterocycles. The molecule has 4 nitrogen and oxygen atoms in total. The molecule has 0 heterocycles. The second-order valence-corrected chi connectivity index (χ2v) is 6.21. The van der Waals surface area contributed by atoms with Crippen LogP contribution in [0.15, 0.2) is 47.4 Å². The van der Waals surface area contributed by atoms with Crippen molar-refractivity contribution < 1.29 is 17.9 Å². The number of hydrogen-bond donors (Lipinski definition) is 2. The number of phenolic OH excluding ortho intramolecular Hbond substituents is 1. The number of aromatic hydroxyl groups is 1. The van der Waals surface area contributed by atoms with Crippen molar-refractivity contribution in [3.63, 3.8) is 0 Å². The van der Waals surface area contributed by atoms with E-state index in [4.69, 9.17) is 16.7 Å². The van der Waals surface area contributed by atoms with Crippen LogP contribution in [-0.2, 0) is 16.6 Å². The van der Waals surface area contributed by atoms with E-state index in [2.05, 4.69) is 4.72 Å². The first-order valence-electron chi connectivity index (χ1n) is 5.61. The van der Waals surface area contributed by atoms with Crippen LogP contribution in [-0.4, -0.2) is 13.5 Å². The fourth-order valence-electron chi connectivity index (χ4n) is 1.55. The van der Waals surface area contributed by atoms with E-state index < -0.39 is 15.8 Å². The molecule has 20 heavy (non-hydrogen) atoms. The SMILES string of the molecule is O=S(=O)(NCc1ccc(O)cc1)c1cc(F)ccc1Cl. The maximum atomic E-state index is 13.1. The van der Waals surface area contributed by atoms with Crippen molar-refractivity contribution in [2.75, 3.05) is 0 Å². The number of rotatable bonds is 4. The van der Waals surface area contributed by atoms with Crippen LogP contribution in [0.5, 0.6) is 5.75 Å². The lowest BCUT2D eigenvalue weighted by Gasteiger charge is -2.08. The summed E-state index contributed by atoms with van der Waals surface area (Å²) in [5.41, 5.74) is 0.652. The topological polar surface area (TPSA) is 66.4 Å². The highest BCUT2D eigenvalue weighted by molar-refractivity contribution is 7.89. The van der Waals surface area contributed by atoms with Crippen molar-refractivity contribution in [3.05, 3.63) is 58.9 Å². The summed E-state index contributed by atoms with van der Waals surface area (Å²) in [5, 5.41) is 9.08. The Kier molecular flexibility index (Phi) is 4.27. The van der Waals surface area contributed by atoms with E-state index in [1.807, 2.05) is 0 Å². The first kappa shape index (κ1) is 14.8. The van der Waals surface area contributed by atoms with E-state index in [0.29, 0.717) is 5.56 Å². The average molecular weight is 316 g/mol. The second kappa shape index (κ2) is 5.78. The van der Waals surface area contributed by atoms with Gasteiger partial charge in [-0.3, -0.25) is 0 Å². The van der Waals surface area contributed by atoms with Crippen LogP contribution in [0.1, 0.15) is 5.56 Å². The van der Waals surface area contributed by atoms with Crippen LogP contribution < -0.4 is 4.72 Å². The van der Waals surface area contributed by atoms with Crippen LogP contribution in [0.2, 0.25) is 5.02 Å². The van der Waals surface area contributed by atoms with Gasteiger partial charge in [-0.1, -0.05) is 23.7 Å². The van der Waals surface area contributed by atoms with Gasteiger partial charge in [-0.15, -0.1) is 0 Å². The molecule has 2 N–H and O–H groups in total. The molecular formula is C13H11ClFNO3S. The molecule has 2 aromatic rings. The molecule has 0 fully saturated rings. The summed E-state index contributed by atoms with van der Waals surface area (Å²) in [4.78, 5) is -0.307. The molecule has 0 aliphatic carbocycles. The zero-order valence-electron chi connectivity index (χ0n) is 10.2. The van der Waals surface area contributed by atoms with Crippen molar-refractivity contribution in [1.82, 2.24) is 4.72 Å². The summed E-state index contributed by atoms with van der Waals surface area (Å²) < 4.78 is 39.5. The largest absolute Gasteiger partial charge is 0.508 e. The Morgan fingerprint density at radius 2 is 1.80 bits per heavy atom. The van der Waals surface area contributed by atoms with Crippen molar-refractivity contribution in [1.29, 1.82) is 0 Å². The Bertz CT molecular complexity index is 717. The molecule has 0 spiro atoms. The standard InChI is InChI=1S/C13H11ClFNO3S/c14-12-6-3-10(15)7-13(12)20(18,19)16-8-9-1-4-11(17)5-2-9/h1-7,16-17H,8H2. The van der Waals surface area contributed by atoms with Gasteiger partial charge >= 0.3 is 0 Å². The van der Waals surface area contributed by atoms with Crippen LogP contribution in [0.25, 0.3) is 0 Å². The Labute approximate surface area is 120 Å². The number of benzene rings is 2. The molecule has 0 saturated carbocycles. The first-order valence-corrected chi connectivity index (χ1v) is 7.47. The van der Waals surface area contributed by atoms with Gasteiger partial charge in [-0.25, -0.2) is 17.5 Å². The molecule has 0 aliphatic rings. The third-order valence-electron chi connectivity index (χ3n) is 2.59. The lowest BCUT2D eigenvalue weighted by molar-refractivity contribution is 0.475. The predicted octanol–water partition coefficient (Wildman–Crippen LogP) is 2.66. The van der Waals surface area contributed by atoms with Gasteiger partial charge in [0.05, 0.1) is 5.02 Å².